The summed E-state index contributed by atoms with van der Waals surface area (Å²) in [4.78, 5) is 0. The van der Waals surface area contributed by atoms with Crippen molar-refractivity contribution < 1.29 is 0 Å². The van der Waals surface area contributed by atoms with Gasteiger partial charge < -0.3 is 0 Å². The molecule has 0 saturated heterocycles. The molecule has 2 nitrogen and oxygen atoms in total. The normalized spacial score (nSPS) is 18.2. The van der Waals surface area contributed by atoms with Crippen molar-refractivity contribution in [1.29, 1.82) is 0 Å². The number of fused-ring (bicyclic) bond motifs is 1. The van der Waals surface area contributed by atoms with Crippen LogP contribution in [0.15, 0.2) is 42.5 Å². The van der Waals surface area contributed by atoms with Crippen molar-refractivity contribution in [2.45, 2.75) is 24.8 Å². The van der Waals surface area contributed by atoms with E-state index < -0.39 is 0 Å². The second kappa shape index (κ2) is 5.74. The van der Waals surface area contributed by atoms with Gasteiger partial charge in [0.2, 0.25) is 0 Å². The highest BCUT2D eigenvalue weighted by atomic mass is 35.5. The third-order valence-corrected chi connectivity index (χ3v) is 4.60. The predicted octanol–water partition coefficient (Wildman–Crippen LogP) is 4.23. The van der Waals surface area contributed by atoms with Crippen molar-refractivity contribution in [1.82, 2.24) is 5.43 Å². The molecule has 0 spiro atoms. The lowest BCUT2D eigenvalue weighted by Gasteiger charge is -2.33. The molecule has 0 aromatic heterocycles. The Morgan fingerprint density at radius 2 is 2.00 bits per heavy atom. The van der Waals surface area contributed by atoms with Crippen molar-refractivity contribution in [3.63, 3.8) is 0 Å². The van der Waals surface area contributed by atoms with Crippen molar-refractivity contribution in [2.24, 2.45) is 5.84 Å². The van der Waals surface area contributed by atoms with Crippen LogP contribution in [0.2, 0.25) is 10.0 Å². The summed E-state index contributed by atoms with van der Waals surface area (Å²) < 4.78 is 0. The lowest BCUT2D eigenvalue weighted by atomic mass is 9.74. The Hall–Kier alpha value is -1.06. The first-order valence-corrected chi connectivity index (χ1v) is 7.43. The van der Waals surface area contributed by atoms with Gasteiger partial charge in [0.25, 0.3) is 0 Å². The predicted molar refractivity (Wildman–Crippen MR) is 84.0 cm³/mol. The van der Waals surface area contributed by atoms with E-state index in [9.17, 15) is 0 Å². The van der Waals surface area contributed by atoms with E-state index in [2.05, 4.69) is 29.7 Å². The summed E-state index contributed by atoms with van der Waals surface area (Å²) in [5.74, 6) is 6.25. The van der Waals surface area contributed by atoms with E-state index in [1.165, 1.54) is 11.1 Å². The molecule has 0 amide bonds. The average Bonchev–Trinajstić information content (AvgIpc) is 2.43. The van der Waals surface area contributed by atoms with Gasteiger partial charge in [0.1, 0.15) is 0 Å². The standard InChI is InChI=1S/C16H16Cl2N2/c17-12-5-6-15(18)14(9-12)16(20-19)8-11-7-10-3-1-2-4-13(10)11/h1-6,9,11,16,20H,7-8,19H2. The van der Waals surface area contributed by atoms with Gasteiger partial charge in [-0.05, 0) is 53.6 Å². The molecule has 2 unspecified atom stereocenters. The Kier molecular flexibility index (Phi) is 3.99. The minimum Gasteiger partial charge on any atom is -0.271 e. The van der Waals surface area contributed by atoms with E-state index in [4.69, 9.17) is 29.0 Å². The molecule has 2 aromatic rings. The Morgan fingerprint density at radius 1 is 1.20 bits per heavy atom. The van der Waals surface area contributed by atoms with E-state index in [0.29, 0.717) is 16.0 Å². The second-order valence-electron chi connectivity index (χ2n) is 5.22. The first-order valence-electron chi connectivity index (χ1n) is 6.68. The molecule has 0 saturated carbocycles. The highest BCUT2D eigenvalue weighted by Gasteiger charge is 2.29. The lowest BCUT2D eigenvalue weighted by Crippen LogP contribution is -2.31. The molecule has 0 heterocycles. The number of nitrogens with two attached hydrogens (primary N) is 1. The van der Waals surface area contributed by atoms with Crippen LogP contribution in [0.3, 0.4) is 0 Å². The summed E-state index contributed by atoms with van der Waals surface area (Å²) in [5.41, 5.74) is 6.69. The topological polar surface area (TPSA) is 38.0 Å². The van der Waals surface area contributed by atoms with Crippen molar-refractivity contribution in [3.05, 3.63) is 69.2 Å². The highest BCUT2D eigenvalue weighted by Crippen LogP contribution is 2.41. The van der Waals surface area contributed by atoms with Gasteiger partial charge in [0, 0.05) is 16.1 Å². The lowest BCUT2D eigenvalue weighted by molar-refractivity contribution is 0.435. The van der Waals surface area contributed by atoms with Crippen LogP contribution in [0, 0.1) is 0 Å². The molecule has 3 rings (SSSR count). The molecule has 2 atom stereocenters. The Labute approximate surface area is 128 Å². The van der Waals surface area contributed by atoms with Crippen LogP contribution >= 0.6 is 23.2 Å². The quantitative estimate of drug-likeness (QED) is 0.655. The third kappa shape index (κ3) is 2.57. The number of hydrogen-bond acceptors (Lipinski definition) is 2. The summed E-state index contributed by atoms with van der Waals surface area (Å²) in [6, 6.07) is 14.1. The van der Waals surface area contributed by atoms with E-state index in [1.807, 2.05) is 12.1 Å². The molecular formula is C16H16Cl2N2. The van der Waals surface area contributed by atoms with Crippen LogP contribution in [0.25, 0.3) is 0 Å². The second-order valence-corrected chi connectivity index (χ2v) is 6.06. The van der Waals surface area contributed by atoms with E-state index in [1.54, 1.807) is 6.07 Å². The van der Waals surface area contributed by atoms with Crippen molar-refractivity contribution in [3.8, 4) is 0 Å². The molecule has 0 fully saturated rings. The fourth-order valence-corrected chi connectivity index (χ4v) is 3.35. The zero-order valence-corrected chi connectivity index (χ0v) is 12.5. The molecule has 3 N–H and O–H groups in total. The number of nitrogens with one attached hydrogen (secondary N) is 1. The number of benzene rings is 2. The highest BCUT2D eigenvalue weighted by molar-refractivity contribution is 6.33. The Morgan fingerprint density at radius 3 is 2.75 bits per heavy atom. The van der Waals surface area contributed by atoms with Crippen LogP contribution in [0.4, 0.5) is 0 Å². The molecular weight excluding hydrogens is 291 g/mol. The molecule has 1 aliphatic rings. The first-order chi connectivity index (χ1) is 9.69. The first kappa shape index (κ1) is 13.9. The van der Waals surface area contributed by atoms with Crippen LogP contribution < -0.4 is 11.3 Å². The molecule has 20 heavy (non-hydrogen) atoms. The largest absolute Gasteiger partial charge is 0.271 e. The maximum Gasteiger partial charge on any atom is 0.0481 e. The molecule has 104 valence electrons. The molecule has 1 aliphatic carbocycles. The van der Waals surface area contributed by atoms with Gasteiger partial charge in [-0.15, -0.1) is 0 Å². The van der Waals surface area contributed by atoms with Crippen LogP contribution in [-0.4, -0.2) is 0 Å². The fourth-order valence-electron chi connectivity index (χ4n) is 2.92. The third-order valence-electron chi connectivity index (χ3n) is 4.02. The van der Waals surface area contributed by atoms with Gasteiger partial charge in [-0.25, -0.2) is 0 Å². The van der Waals surface area contributed by atoms with Crippen molar-refractivity contribution in [2.75, 3.05) is 0 Å². The Balaban J connectivity index is 1.80. The molecule has 4 heteroatoms. The maximum absolute atomic E-state index is 6.26. The van der Waals surface area contributed by atoms with Gasteiger partial charge in [0.05, 0.1) is 0 Å². The monoisotopic (exact) mass is 306 g/mol. The zero-order valence-electron chi connectivity index (χ0n) is 10.9. The van der Waals surface area contributed by atoms with Crippen LogP contribution in [-0.2, 0) is 6.42 Å². The summed E-state index contributed by atoms with van der Waals surface area (Å²) in [5, 5.41) is 1.38. The van der Waals surface area contributed by atoms with E-state index in [0.717, 1.165) is 18.4 Å². The number of hydrazine groups is 1. The van der Waals surface area contributed by atoms with E-state index in [-0.39, 0.29) is 6.04 Å². The van der Waals surface area contributed by atoms with Gasteiger partial charge in [-0.3, -0.25) is 11.3 Å². The molecule has 2 aromatic carbocycles. The number of rotatable bonds is 4. The van der Waals surface area contributed by atoms with Gasteiger partial charge in [0.15, 0.2) is 0 Å². The number of halogens is 2. The van der Waals surface area contributed by atoms with Gasteiger partial charge in [-0.2, -0.15) is 0 Å². The van der Waals surface area contributed by atoms with Gasteiger partial charge >= 0.3 is 0 Å². The van der Waals surface area contributed by atoms with Crippen LogP contribution in [0.5, 0.6) is 0 Å². The SMILES string of the molecule is NNC(CC1Cc2ccccc21)c1cc(Cl)ccc1Cl. The van der Waals surface area contributed by atoms with Gasteiger partial charge in [-0.1, -0.05) is 47.5 Å². The Bertz CT molecular complexity index is 628. The summed E-state index contributed by atoms with van der Waals surface area (Å²) in [6.45, 7) is 0. The van der Waals surface area contributed by atoms with Crippen LogP contribution in [0.1, 0.15) is 35.1 Å². The molecule has 0 bridgehead atoms. The number of hydrogen-bond donors (Lipinski definition) is 2. The summed E-state index contributed by atoms with van der Waals surface area (Å²) in [7, 11) is 0. The zero-order chi connectivity index (χ0) is 14.1. The summed E-state index contributed by atoms with van der Waals surface area (Å²) in [6.07, 6.45) is 2.03. The molecule has 0 aliphatic heterocycles. The average molecular weight is 307 g/mol. The smallest absolute Gasteiger partial charge is 0.0481 e. The summed E-state index contributed by atoms with van der Waals surface area (Å²) >= 11 is 12.3. The minimum absolute atomic E-state index is 0.0135. The molecule has 0 radical (unpaired) electrons. The minimum atomic E-state index is 0.0135. The fraction of sp³-hybridized carbons (Fsp3) is 0.250. The maximum atomic E-state index is 6.26. The van der Waals surface area contributed by atoms with Crippen molar-refractivity contribution >= 4 is 23.2 Å². The van der Waals surface area contributed by atoms with E-state index >= 15 is 0 Å².